The molecule has 0 aliphatic heterocycles. The molecule has 0 fully saturated rings. The molecule has 0 aromatic heterocycles. The topological polar surface area (TPSA) is 21.3 Å². The average molecular weight is 408 g/mol. The number of rotatable bonds is 6. The highest BCUT2D eigenvalue weighted by molar-refractivity contribution is 6.30. The van der Waals surface area contributed by atoms with Crippen LogP contribution < -0.4 is 10.1 Å². The Morgan fingerprint density at radius 3 is 2.43 bits per heavy atom. The maximum absolute atomic E-state index is 6.23. The van der Waals surface area contributed by atoms with Crippen LogP contribution in [0.3, 0.4) is 0 Å². The van der Waals surface area contributed by atoms with Crippen LogP contribution in [0.4, 0.5) is 5.69 Å². The van der Waals surface area contributed by atoms with Gasteiger partial charge in [-0.2, -0.15) is 0 Å². The summed E-state index contributed by atoms with van der Waals surface area (Å²) in [7, 11) is 0. The number of ether oxygens (including phenoxy) is 1. The highest BCUT2D eigenvalue weighted by atomic mass is 35.5. The van der Waals surface area contributed by atoms with Gasteiger partial charge in [0.05, 0.1) is 0 Å². The Morgan fingerprint density at radius 2 is 1.54 bits per heavy atom. The smallest absolute Gasteiger partial charge is 0.124 e. The van der Waals surface area contributed by atoms with Gasteiger partial charge in [0.1, 0.15) is 12.4 Å². The highest BCUT2D eigenvalue weighted by Crippen LogP contribution is 2.28. The van der Waals surface area contributed by atoms with Crippen molar-refractivity contribution in [3.05, 3.63) is 106 Å². The van der Waals surface area contributed by atoms with Crippen molar-refractivity contribution in [3.8, 4) is 5.75 Å². The standard InChI is InChI=1S/C24H19Cl2NO/c25-20-8-3-5-17(13-20)16-28-24-12-11-21(26)14-19(24)15-27-23-10-4-7-18-6-1-2-9-22(18)23/h1-14,27H,15-16H2. The van der Waals surface area contributed by atoms with Crippen LogP contribution in [-0.4, -0.2) is 0 Å². The molecule has 0 aliphatic rings. The van der Waals surface area contributed by atoms with E-state index in [1.54, 1.807) is 0 Å². The van der Waals surface area contributed by atoms with Crippen molar-refractivity contribution in [2.45, 2.75) is 13.2 Å². The largest absolute Gasteiger partial charge is 0.489 e. The quantitative estimate of drug-likeness (QED) is 0.360. The molecule has 4 heteroatoms. The van der Waals surface area contributed by atoms with Crippen LogP contribution in [-0.2, 0) is 13.2 Å². The first kappa shape index (κ1) is 18.7. The van der Waals surface area contributed by atoms with E-state index in [1.807, 2.05) is 54.6 Å². The number of anilines is 1. The molecule has 0 saturated heterocycles. The van der Waals surface area contributed by atoms with E-state index in [4.69, 9.17) is 27.9 Å². The monoisotopic (exact) mass is 407 g/mol. The third-order valence-corrected chi connectivity index (χ3v) is 5.04. The number of hydrogen-bond donors (Lipinski definition) is 1. The van der Waals surface area contributed by atoms with E-state index in [0.717, 1.165) is 22.6 Å². The second-order valence-electron chi connectivity index (χ2n) is 6.55. The van der Waals surface area contributed by atoms with Crippen LogP contribution >= 0.6 is 23.2 Å². The Labute approximate surface area is 174 Å². The molecule has 4 aromatic carbocycles. The zero-order chi connectivity index (χ0) is 19.3. The molecule has 0 atom stereocenters. The van der Waals surface area contributed by atoms with Crippen LogP contribution in [0.15, 0.2) is 84.9 Å². The lowest BCUT2D eigenvalue weighted by Crippen LogP contribution is -2.04. The van der Waals surface area contributed by atoms with Crippen molar-refractivity contribution >= 4 is 39.7 Å². The summed E-state index contributed by atoms with van der Waals surface area (Å²) in [5.41, 5.74) is 3.11. The lowest BCUT2D eigenvalue weighted by molar-refractivity contribution is 0.303. The van der Waals surface area contributed by atoms with Gasteiger partial charge < -0.3 is 10.1 Å². The minimum absolute atomic E-state index is 0.448. The number of fused-ring (bicyclic) bond motifs is 1. The molecule has 0 unspecified atom stereocenters. The fourth-order valence-electron chi connectivity index (χ4n) is 3.18. The molecule has 0 saturated carbocycles. The van der Waals surface area contributed by atoms with Crippen LogP contribution in [0.5, 0.6) is 5.75 Å². The van der Waals surface area contributed by atoms with Gasteiger partial charge in [-0.05, 0) is 47.3 Å². The molecular weight excluding hydrogens is 389 g/mol. The molecule has 0 spiro atoms. The van der Waals surface area contributed by atoms with Crippen molar-refractivity contribution in [1.29, 1.82) is 0 Å². The molecule has 1 N–H and O–H groups in total. The van der Waals surface area contributed by atoms with Gasteiger partial charge in [0.25, 0.3) is 0 Å². The fourth-order valence-corrected chi connectivity index (χ4v) is 3.59. The van der Waals surface area contributed by atoms with Crippen molar-refractivity contribution in [3.63, 3.8) is 0 Å². The van der Waals surface area contributed by atoms with Gasteiger partial charge in [-0.1, -0.05) is 71.7 Å². The molecule has 28 heavy (non-hydrogen) atoms. The van der Waals surface area contributed by atoms with E-state index < -0.39 is 0 Å². The van der Waals surface area contributed by atoms with Gasteiger partial charge in [0.2, 0.25) is 0 Å². The molecule has 0 bridgehead atoms. The molecule has 2 nitrogen and oxygen atoms in total. The first-order chi connectivity index (χ1) is 13.7. The maximum Gasteiger partial charge on any atom is 0.124 e. The lowest BCUT2D eigenvalue weighted by atomic mass is 10.1. The van der Waals surface area contributed by atoms with E-state index in [1.165, 1.54) is 10.8 Å². The third kappa shape index (κ3) is 4.41. The van der Waals surface area contributed by atoms with E-state index in [-0.39, 0.29) is 0 Å². The SMILES string of the molecule is Clc1cccc(COc2ccc(Cl)cc2CNc2cccc3ccccc23)c1. The number of nitrogens with one attached hydrogen (secondary N) is 1. The van der Waals surface area contributed by atoms with Crippen LogP contribution in [0.2, 0.25) is 10.0 Å². The van der Waals surface area contributed by atoms with E-state index in [9.17, 15) is 0 Å². The minimum atomic E-state index is 0.448. The first-order valence-corrected chi connectivity index (χ1v) is 9.82. The summed E-state index contributed by atoms with van der Waals surface area (Å²) in [5.74, 6) is 0.803. The van der Waals surface area contributed by atoms with Crippen LogP contribution in [0.25, 0.3) is 10.8 Å². The summed E-state index contributed by atoms with van der Waals surface area (Å²) in [6, 6.07) is 27.9. The van der Waals surface area contributed by atoms with Crippen molar-refractivity contribution in [2.75, 3.05) is 5.32 Å². The number of halogens is 2. The lowest BCUT2D eigenvalue weighted by Gasteiger charge is -2.15. The van der Waals surface area contributed by atoms with Gasteiger partial charge in [-0.15, -0.1) is 0 Å². The Bertz CT molecular complexity index is 1110. The number of benzene rings is 4. The molecule has 0 heterocycles. The van der Waals surface area contributed by atoms with Gasteiger partial charge in [0, 0.05) is 33.2 Å². The van der Waals surface area contributed by atoms with Crippen molar-refractivity contribution < 1.29 is 4.74 Å². The maximum atomic E-state index is 6.23. The molecule has 0 amide bonds. The third-order valence-electron chi connectivity index (χ3n) is 4.56. The normalized spacial score (nSPS) is 10.8. The number of hydrogen-bond acceptors (Lipinski definition) is 2. The zero-order valence-electron chi connectivity index (χ0n) is 15.2. The van der Waals surface area contributed by atoms with E-state index >= 15 is 0 Å². The second kappa shape index (κ2) is 8.55. The van der Waals surface area contributed by atoms with Crippen LogP contribution in [0.1, 0.15) is 11.1 Å². The molecule has 4 aromatic rings. The minimum Gasteiger partial charge on any atom is -0.489 e. The van der Waals surface area contributed by atoms with Crippen molar-refractivity contribution in [1.82, 2.24) is 0 Å². The Morgan fingerprint density at radius 1 is 0.750 bits per heavy atom. The highest BCUT2D eigenvalue weighted by Gasteiger charge is 2.07. The fraction of sp³-hybridized carbons (Fsp3) is 0.0833. The molecule has 140 valence electrons. The first-order valence-electron chi connectivity index (χ1n) is 9.06. The Hall–Kier alpha value is -2.68. The van der Waals surface area contributed by atoms with Crippen LogP contribution in [0, 0.1) is 0 Å². The van der Waals surface area contributed by atoms with E-state index in [0.29, 0.717) is 23.2 Å². The van der Waals surface area contributed by atoms with E-state index in [2.05, 4.69) is 35.6 Å². The molecular formula is C24H19Cl2NO. The summed E-state index contributed by atoms with van der Waals surface area (Å²) in [6.07, 6.45) is 0. The van der Waals surface area contributed by atoms with Gasteiger partial charge in [0.15, 0.2) is 0 Å². The molecule has 0 radical (unpaired) electrons. The second-order valence-corrected chi connectivity index (χ2v) is 7.42. The van der Waals surface area contributed by atoms with Gasteiger partial charge in [-0.25, -0.2) is 0 Å². The predicted molar refractivity (Wildman–Crippen MR) is 119 cm³/mol. The summed E-state index contributed by atoms with van der Waals surface area (Å²) in [4.78, 5) is 0. The van der Waals surface area contributed by atoms with Crippen molar-refractivity contribution in [2.24, 2.45) is 0 Å². The Balaban J connectivity index is 1.53. The molecule has 4 rings (SSSR count). The zero-order valence-corrected chi connectivity index (χ0v) is 16.7. The average Bonchev–Trinajstić information content (AvgIpc) is 2.71. The molecule has 0 aliphatic carbocycles. The Kier molecular flexibility index (Phi) is 5.70. The summed E-state index contributed by atoms with van der Waals surface area (Å²) in [5, 5.41) is 7.30. The summed E-state index contributed by atoms with van der Waals surface area (Å²) >= 11 is 12.3. The summed E-state index contributed by atoms with van der Waals surface area (Å²) in [6.45, 7) is 1.06. The van der Waals surface area contributed by atoms with Gasteiger partial charge in [-0.3, -0.25) is 0 Å². The van der Waals surface area contributed by atoms with Gasteiger partial charge >= 0.3 is 0 Å². The summed E-state index contributed by atoms with van der Waals surface area (Å²) < 4.78 is 6.05. The predicted octanol–water partition coefficient (Wildman–Crippen LogP) is 7.34.